The minimum absolute atomic E-state index is 0.0552. The van der Waals surface area contributed by atoms with Crippen LogP contribution in [-0.2, 0) is 35.5 Å². The molecule has 6 aromatic carbocycles. The van der Waals surface area contributed by atoms with Crippen molar-refractivity contribution in [1.82, 2.24) is 7.94 Å². The first-order valence-corrected chi connectivity index (χ1v) is 23.2. The first-order valence-electron chi connectivity index (χ1n) is 18.0. The van der Waals surface area contributed by atoms with Crippen molar-refractivity contribution < 1.29 is 56.4 Å². The number of carbonyl (C=O) groups is 1. The molecule has 0 amide bonds. The van der Waals surface area contributed by atoms with Gasteiger partial charge in [-0.05, 0) is 90.3 Å². The lowest BCUT2D eigenvalue weighted by atomic mass is 10.1. The van der Waals surface area contributed by atoms with Gasteiger partial charge in [-0.25, -0.2) is 59.5 Å². The summed E-state index contributed by atoms with van der Waals surface area (Å²) in [4.78, 5) is 11.3. The van der Waals surface area contributed by atoms with Crippen molar-refractivity contribution in [3.63, 3.8) is 0 Å². The number of fused-ring (bicyclic) bond motifs is 3. The number of hydrogen-bond acceptors (Lipinski definition) is 7. The van der Waals surface area contributed by atoms with Crippen molar-refractivity contribution in [2.24, 2.45) is 0 Å². The molecule has 0 N–H and O–H groups in total. The predicted octanol–water partition coefficient (Wildman–Crippen LogP) is 10.3. The Morgan fingerprint density at radius 3 is 1.49 bits per heavy atom. The highest BCUT2D eigenvalue weighted by Gasteiger charge is 2.24. The van der Waals surface area contributed by atoms with Crippen LogP contribution in [0.5, 0.6) is 0 Å². The van der Waals surface area contributed by atoms with Crippen molar-refractivity contribution in [2.45, 2.75) is 21.1 Å². The van der Waals surface area contributed by atoms with Crippen LogP contribution in [0.4, 0.5) is 26.3 Å². The maximum Gasteiger partial charge on any atom is 0.268 e. The summed E-state index contributed by atoms with van der Waals surface area (Å²) >= 11 is 0. The lowest BCUT2D eigenvalue weighted by Crippen LogP contribution is -2.15. The van der Waals surface area contributed by atoms with Crippen LogP contribution in [0.3, 0.4) is 0 Å². The van der Waals surface area contributed by atoms with Gasteiger partial charge in [0.1, 0.15) is 0 Å². The van der Waals surface area contributed by atoms with Crippen LogP contribution >= 0.6 is 10.7 Å². The summed E-state index contributed by atoms with van der Waals surface area (Å²) < 4.78 is 151. The van der Waals surface area contributed by atoms with E-state index in [2.05, 4.69) is 0 Å². The first-order chi connectivity index (χ1) is 29.8. The quantitative estimate of drug-likeness (QED) is 0.0922. The molecule has 0 saturated heterocycles. The minimum Gasteiger partial charge on any atom is -0.296 e. The Morgan fingerprint density at radius 1 is 0.508 bits per heavy atom. The molecule has 2 aromatic heterocycles. The number of nitrogens with zero attached hydrogens (tertiary/aromatic N) is 2. The highest BCUT2D eigenvalue weighted by Crippen LogP contribution is 2.28. The Labute approximate surface area is 361 Å². The summed E-state index contributed by atoms with van der Waals surface area (Å²) in [5, 5.41) is 0.448. The van der Waals surface area contributed by atoms with Crippen LogP contribution in [-0.4, -0.2) is 39.5 Å². The van der Waals surface area contributed by atoms with Crippen LogP contribution in [0.15, 0.2) is 166 Å². The van der Waals surface area contributed by atoms with Gasteiger partial charge in [0.2, 0.25) is 0 Å². The molecule has 2 heterocycles. The molecule has 0 radical (unpaired) electrons. The molecule has 0 atom stereocenters. The number of allylic oxidation sites excluding steroid dienone is 1. The van der Waals surface area contributed by atoms with Gasteiger partial charge in [-0.3, -0.25) is 4.79 Å². The van der Waals surface area contributed by atoms with Gasteiger partial charge < -0.3 is 0 Å². The summed E-state index contributed by atoms with van der Waals surface area (Å²) in [5.41, 5.74) is 1.47. The molecule has 1 aliphatic carbocycles. The summed E-state index contributed by atoms with van der Waals surface area (Å²) in [5.74, 6) is -5.91. The van der Waals surface area contributed by atoms with E-state index in [0.717, 1.165) is 39.4 Å². The van der Waals surface area contributed by atoms with Crippen LogP contribution in [0.1, 0.15) is 21.6 Å². The van der Waals surface area contributed by atoms with Crippen molar-refractivity contribution >= 4 is 73.9 Å². The maximum absolute atomic E-state index is 13.5. The molecule has 0 spiro atoms. The van der Waals surface area contributed by atoms with Gasteiger partial charge in [-0.1, -0.05) is 66.7 Å². The third kappa shape index (κ3) is 10.3. The number of aromatic nitrogens is 2. The second-order valence-corrected chi connectivity index (χ2v) is 19.3. The molecule has 324 valence electrons. The van der Waals surface area contributed by atoms with E-state index in [1.165, 1.54) is 79.0 Å². The standard InChI is InChI=1S/C15H9F2NO3S.C14H9F2NO2S.C9H6F2.C6H5ClO2S/c16-13-7-10-6-11(9-19)18(15(10)8-14(13)17)22(20,21)12-4-2-1-3-5-12;15-12-8-10-6-7-17(14(10)9-13(12)16)20(18,19)11-4-2-1-3-5-11;10-8-4-6-2-1-3-7(6)5-9(8)11;7-10(8,9)6-4-2-1-3-5-6/h1-9H;1-9H;1-2,4-5H,3H2;1-5H. The summed E-state index contributed by atoms with van der Waals surface area (Å²) in [6, 6.07) is 31.6. The van der Waals surface area contributed by atoms with E-state index in [1.54, 1.807) is 48.5 Å². The lowest BCUT2D eigenvalue weighted by Gasteiger charge is -2.09. The SMILES string of the molecule is Fc1cc2c(cc1F)CC=C2.O=Cc1cc2cc(F)c(F)cc2n1S(=O)(=O)c1ccccc1.O=S(=O)(Cl)c1ccccc1.O=S(=O)(c1ccccc1)n1ccc2cc(F)c(F)cc21. The molecule has 63 heavy (non-hydrogen) atoms. The highest BCUT2D eigenvalue weighted by molar-refractivity contribution is 8.13. The molecule has 8 aromatic rings. The van der Waals surface area contributed by atoms with Gasteiger partial charge in [0.25, 0.3) is 29.1 Å². The zero-order chi connectivity index (χ0) is 45.7. The Bertz CT molecular complexity index is 3350. The van der Waals surface area contributed by atoms with Gasteiger partial charge >= 0.3 is 0 Å². The third-order valence-electron chi connectivity index (χ3n) is 9.07. The van der Waals surface area contributed by atoms with Crippen molar-refractivity contribution in [3.8, 4) is 0 Å². The summed E-state index contributed by atoms with van der Waals surface area (Å²) in [7, 11) is -6.42. The van der Waals surface area contributed by atoms with Crippen LogP contribution in [0.2, 0.25) is 0 Å². The molecular weight excluding hydrogens is 914 g/mol. The topological polar surface area (TPSA) is 129 Å². The van der Waals surface area contributed by atoms with Crippen LogP contribution < -0.4 is 0 Å². The molecule has 19 heteroatoms. The number of rotatable bonds is 6. The van der Waals surface area contributed by atoms with E-state index in [4.69, 9.17) is 10.7 Å². The molecule has 0 saturated carbocycles. The van der Waals surface area contributed by atoms with Crippen LogP contribution in [0, 0.1) is 34.9 Å². The van der Waals surface area contributed by atoms with Crippen molar-refractivity contribution in [2.75, 3.05) is 0 Å². The Kier molecular flexibility index (Phi) is 13.8. The molecule has 1 aliphatic rings. The number of halogens is 7. The molecule has 0 aliphatic heterocycles. The summed E-state index contributed by atoms with van der Waals surface area (Å²) in [6.45, 7) is 0. The van der Waals surface area contributed by atoms with E-state index >= 15 is 0 Å². The van der Waals surface area contributed by atoms with Gasteiger partial charge in [0.05, 0.1) is 31.4 Å². The number of benzene rings is 6. The predicted molar refractivity (Wildman–Crippen MR) is 226 cm³/mol. The Balaban J connectivity index is 0.000000147. The second-order valence-electron chi connectivity index (χ2n) is 13.2. The van der Waals surface area contributed by atoms with E-state index < -0.39 is 64.0 Å². The Morgan fingerprint density at radius 2 is 0.968 bits per heavy atom. The normalized spacial score (nSPS) is 12.0. The van der Waals surface area contributed by atoms with Gasteiger partial charge in [0, 0.05) is 39.8 Å². The lowest BCUT2D eigenvalue weighted by molar-refractivity contribution is 0.111. The number of carbonyl (C=O) groups excluding carboxylic acids is 1. The molecule has 0 unspecified atom stereocenters. The third-order valence-corrected chi connectivity index (χ3v) is 13.9. The molecule has 9 rings (SSSR count). The maximum atomic E-state index is 13.5. The van der Waals surface area contributed by atoms with Crippen LogP contribution in [0.25, 0.3) is 27.9 Å². The number of hydrogen-bond donors (Lipinski definition) is 0. The van der Waals surface area contributed by atoms with E-state index in [1.807, 2.05) is 6.08 Å². The zero-order valence-electron chi connectivity index (χ0n) is 31.9. The largest absolute Gasteiger partial charge is 0.296 e. The van der Waals surface area contributed by atoms with E-state index in [0.29, 0.717) is 22.1 Å². The summed E-state index contributed by atoms with van der Waals surface area (Å²) in [6.07, 6.45) is 6.02. The fraction of sp³-hybridized carbons (Fsp3) is 0.0227. The zero-order valence-corrected chi connectivity index (χ0v) is 35.1. The minimum atomic E-state index is -4.10. The smallest absolute Gasteiger partial charge is 0.268 e. The first kappa shape index (κ1) is 46.0. The molecule has 0 bridgehead atoms. The van der Waals surface area contributed by atoms with E-state index in [9.17, 15) is 56.4 Å². The van der Waals surface area contributed by atoms with E-state index in [-0.39, 0.29) is 36.8 Å². The van der Waals surface area contributed by atoms with Crippen molar-refractivity contribution in [3.05, 3.63) is 204 Å². The molecule has 9 nitrogen and oxygen atoms in total. The van der Waals surface area contributed by atoms with Gasteiger partial charge in [0.15, 0.2) is 41.2 Å². The fourth-order valence-electron chi connectivity index (χ4n) is 6.10. The van der Waals surface area contributed by atoms with Crippen molar-refractivity contribution in [1.29, 1.82) is 0 Å². The highest BCUT2D eigenvalue weighted by atomic mass is 35.7. The average molecular weight is 943 g/mol. The monoisotopic (exact) mass is 942 g/mol. The Hall–Kier alpha value is -6.47. The van der Waals surface area contributed by atoms with Gasteiger partial charge in [-0.2, -0.15) is 0 Å². The second kappa shape index (κ2) is 18.9. The fourth-order valence-corrected chi connectivity index (χ4v) is 9.76. The molecular formula is C44H29ClF6N2O7S3. The number of aldehydes is 1. The van der Waals surface area contributed by atoms with Gasteiger partial charge in [-0.15, -0.1) is 0 Å². The average Bonchev–Trinajstić information content (AvgIpc) is 4.00. The molecule has 0 fully saturated rings.